The fraction of sp³-hybridized carbons (Fsp3) is 0.294. The molecule has 0 aromatic heterocycles. The molecule has 112 valence electrons. The van der Waals surface area contributed by atoms with Crippen molar-refractivity contribution in [1.82, 2.24) is 5.32 Å². The molecule has 0 bridgehead atoms. The van der Waals surface area contributed by atoms with Crippen LogP contribution in [0.1, 0.15) is 22.6 Å². The zero-order valence-electron chi connectivity index (χ0n) is 11.8. The highest BCUT2D eigenvalue weighted by atomic mass is 19.4. The van der Waals surface area contributed by atoms with E-state index >= 15 is 0 Å². The Bertz CT molecular complexity index is 564. The van der Waals surface area contributed by atoms with Crippen molar-refractivity contribution in [2.75, 3.05) is 13.6 Å². The SMILES string of the molecule is CNCC(Cc1ccccc1C(F)(F)F)c1ccccc1. The first-order valence-electron chi connectivity index (χ1n) is 6.87. The first kappa shape index (κ1) is 15.6. The maximum Gasteiger partial charge on any atom is 0.416 e. The van der Waals surface area contributed by atoms with Gasteiger partial charge in [-0.25, -0.2) is 0 Å². The fourth-order valence-corrected chi connectivity index (χ4v) is 2.52. The molecule has 2 aromatic carbocycles. The zero-order valence-corrected chi connectivity index (χ0v) is 11.8. The van der Waals surface area contributed by atoms with Crippen molar-refractivity contribution in [3.05, 3.63) is 71.3 Å². The number of benzene rings is 2. The van der Waals surface area contributed by atoms with E-state index in [1.54, 1.807) is 12.1 Å². The molecule has 21 heavy (non-hydrogen) atoms. The van der Waals surface area contributed by atoms with Crippen LogP contribution in [0.25, 0.3) is 0 Å². The molecule has 1 N–H and O–H groups in total. The summed E-state index contributed by atoms with van der Waals surface area (Å²) in [6.45, 7) is 0.635. The van der Waals surface area contributed by atoms with Gasteiger partial charge in [0.25, 0.3) is 0 Å². The standard InChI is InChI=1S/C17H18F3N/c1-21-12-15(13-7-3-2-4-8-13)11-14-9-5-6-10-16(14)17(18,19)20/h2-10,15,21H,11-12H2,1H3. The van der Waals surface area contributed by atoms with Crippen LogP contribution in [0.4, 0.5) is 13.2 Å². The number of hydrogen-bond donors (Lipinski definition) is 1. The van der Waals surface area contributed by atoms with Gasteiger partial charge in [-0.1, -0.05) is 48.5 Å². The summed E-state index contributed by atoms with van der Waals surface area (Å²) in [5.74, 6) is 0.0136. The average Bonchev–Trinajstić information content (AvgIpc) is 2.47. The monoisotopic (exact) mass is 293 g/mol. The summed E-state index contributed by atoms with van der Waals surface area (Å²) in [5.41, 5.74) is 0.847. The van der Waals surface area contributed by atoms with Crippen molar-refractivity contribution < 1.29 is 13.2 Å². The summed E-state index contributed by atoms with van der Waals surface area (Å²) in [6.07, 6.45) is -3.95. The quantitative estimate of drug-likeness (QED) is 0.869. The molecular weight excluding hydrogens is 275 g/mol. The Hall–Kier alpha value is -1.81. The molecule has 1 unspecified atom stereocenters. The van der Waals surface area contributed by atoms with Gasteiger partial charge in [0.05, 0.1) is 5.56 Å². The number of hydrogen-bond acceptors (Lipinski definition) is 1. The van der Waals surface area contributed by atoms with Crippen LogP contribution in [0.5, 0.6) is 0 Å². The van der Waals surface area contributed by atoms with Crippen molar-refractivity contribution in [2.24, 2.45) is 0 Å². The van der Waals surface area contributed by atoms with E-state index in [2.05, 4.69) is 5.32 Å². The molecule has 2 rings (SSSR count). The van der Waals surface area contributed by atoms with Crippen molar-refractivity contribution in [3.63, 3.8) is 0 Å². The summed E-state index contributed by atoms with van der Waals surface area (Å²) in [6, 6.07) is 15.4. The number of nitrogens with one attached hydrogen (secondary N) is 1. The molecule has 4 heteroatoms. The molecule has 1 nitrogen and oxygen atoms in total. The highest BCUT2D eigenvalue weighted by molar-refractivity contribution is 5.32. The van der Waals surface area contributed by atoms with Crippen molar-refractivity contribution in [2.45, 2.75) is 18.5 Å². The minimum absolute atomic E-state index is 0.0136. The number of rotatable bonds is 5. The second-order valence-corrected chi connectivity index (χ2v) is 5.02. The summed E-state index contributed by atoms with van der Waals surface area (Å²) in [4.78, 5) is 0. The van der Waals surface area contributed by atoms with Crippen molar-refractivity contribution in [1.29, 1.82) is 0 Å². The lowest BCUT2D eigenvalue weighted by molar-refractivity contribution is -0.138. The number of alkyl halides is 3. The smallest absolute Gasteiger partial charge is 0.319 e. The molecule has 0 aliphatic carbocycles. The third kappa shape index (κ3) is 4.08. The van der Waals surface area contributed by atoms with Gasteiger partial charge < -0.3 is 5.32 Å². The Morgan fingerprint density at radius 1 is 0.952 bits per heavy atom. The van der Waals surface area contributed by atoms with E-state index in [4.69, 9.17) is 0 Å². The van der Waals surface area contributed by atoms with E-state index < -0.39 is 11.7 Å². The largest absolute Gasteiger partial charge is 0.416 e. The number of likely N-dealkylation sites (N-methyl/N-ethyl adjacent to an activating group) is 1. The van der Waals surface area contributed by atoms with Crippen molar-refractivity contribution >= 4 is 0 Å². The van der Waals surface area contributed by atoms with Crippen LogP contribution in [0, 0.1) is 0 Å². The van der Waals surface area contributed by atoms with Crippen LogP contribution < -0.4 is 5.32 Å². The van der Waals surface area contributed by atoms with Gasteiger partial charge in [0, 0.05) is 12.5 Å². The van der Waals surface area contributed by atoms with Crippen LogP contribution >= 0.6 is 0 Å². The molecule has 0 heterocycles. The Morgan fingerprint density at radius 3 is 2.19 bits per heavy atom. The van der Waals surface area contributed by atoms with Crippen LogP contribution in [0.3, 0.4) is 0 Å². The predicted molar refractivity (Wildman–Crippen MR) is 78.3 cm³/mol. The highest BCUT2D eigenvalue weighted by Crippen LogP contribution is 2.34. The summed E-state index contributed by atoms with van der Waals surface area (Å²) in [5, 5.41) is 3.06. The Balaban J connectivity index is 2.30. The minimum atomic E-state index is -4.31. The summed E-state index contributed by atoms with van der Waals surface area (Å²) < 4.78 is 39.2. The van der Waals surface area contributed by atoms with E-state index in [-0.39, 0.29) is 5.92 Å². The predicted octanol–water partition coefficient (Wildman–Crippen LogP) is 4.25. The van der Waals surface area contributed by atoms with Gasteiger partial charge in [0.1, 0.15) is 0 Å². The van der Waals surface area contributed by atoms with E-state index in [9.17, 15) is 13.2 Å². The first-order valence-corrected chi connectivity index (χ1v) is 6.87. The average molecular weight is 293 g/mol. The van der Waals surface area contributed by atoms with Crippen LogP contribution in [0.2, 0.25) is 0 Å². The molecule has 0 radical (unpaired) electrons. The van der Waals surface area contributed by atoms with Crippen molar-refractivity contribution in [3.8, 4) is 0 Å². The maximum atomic E-state index is 13.1. The second-order valence-electron chi connectivity index (χ2n) is 5.02. The third-order valence-corrected chi connectivity index (χ3v) is 3.51. The molecule has 0 saturated carbocycles. The second kappa shape index (κ2) is 6.76. The van der Waals surface area contributed by atoms with E-state index in [1.165, 1.54) is 6.07 Å². The van der Waals surface area contributed by atoms with E-state index in [0.717, 1.165) is 11.6 Å². The van der Waals surface area contributed by atoms with Gasteiger partial charge in [0.15, 0.2) is 0 Å². The van der Waals surface area contributed by atoms with Gasteiger partial charge in [0.2, 0.25) is 0 Å². The lowest BCUT2D eigenvalue weighted by Crippen LogP contribution is -2.20. The van der Waals surface area contributed by atoms with E-state index in [1.807, 2.05) is 37.4 Å². The Labute approximate surface area is 122 Å². The van der Waals surface area contributed by atoms with E-state index in [0.29, 0.717) is 18.5 Å². The first-order chi connectivity index (χ1) is 10.0. The van der Waals surface area contributed by atoms with Gasteiger partial charge in [-0.15, -0.1) is 0 Å². The molecular formula is C17H18F3N. The Kier molecular flexibility index (Phi) is 5.02. The van der Waals surface area contributed by atoms with Gasteiger partial charge in [-0.05, 0) is 30.7 Å². The highest BCUT2D eigenvalue weighted by Gasteiger charge is 2.33. The summed E-state index contributed by atoms with van der Waals surface area (Å²) in [7, 11) is 1.81. The maximum absolute atomic E-state index is 13.1. The van der Waals surface area contributed by atoms with Gasteiger partial charge in [-0.2, -0.15) is 13.2 Å². The molecule has 1 atom stereocenters. The molecule has 2 aromatic rings. The third-order valence-electron chi connectivity index (χ3n) is 3.51. The lowest BCUT2D eigenvalue weighted by Gasteiger charge is -2.20. The van der Waals surface area contributed by atoms with Gasteiger partial charge >= 0.3 is 6.18 Å². The molecule has 0 saturated heterocycles. The normalized spacial score (nSPS) is 13.1. The Morgan fingerprint density at radius 2 is 1.57 bits per heavy atom. The van der Waals surface area contributed by atoms with Crippen LogP contribution in [0.15, 0.2) is 54.6 Å². The molecule has 0 spiro atoms. The molecule has 0 aliphatic rings. The lowest BCUT2D eigenvalue weighted by atomic mass is 9.89. The molecule has 0 aliphatic heterocycles. The van der Waals surface area contributed by atoms with Crippen LogP contribution in [-0.4, -0.2) is 13.6 Å². The summed E-state index contributed by atoms with van der Waals surface area (Å²) >= 11 is 0. The molecule has 0 amide bonds. The van der Waals surface area contributed by atoms with Gasteiger partial charge in [-0.3, -0.25) is 0 Å². The molecule has 0 fully saturated rings. The zero-order chi connectivity index (χ0) is 15.3. The fourth-order valence-electron chi connectivity index (χ4n) is 2.52. The van der Waals surface area contributed by atoms with Crippen LogP contribution in [-0.2, 0) is 12.6 Å². The topological polar surface area (TPSA) is 12.0 Å². The minimum Gasteiger partial charge on any atom is -0.319 e. The number of halogens is 3.